The third kappa shape index (κ3) is 1.55. The van der Waals surface area contributed by atoms with Gasteiger partial charge in [-0.25, -0.2) is 8.78 Å². The molecule has 0 aromatic rings. The van der Waals surface area contributed by atoms with Crippen molar-refractivity contribution in [2.45, 2.75) is 31.6 Å². The van der Waals surface area contributed by atoms with Crippen molar-refractivity contribution in [2.75, 3.05) is 0 Å². The van der Waals surface area contributed by atoms with Crippen LogP contribution >= 0.6 is 0 Å². The molecule has 0 heterocycles. The Kier molecular flexibility index (Phi) is 2.41. The molecule has 3 atom stereocenters. The Balaban J connectivity index is 2.40. The van der Waals surface area contributed by atoms with Crippen LogP contribution in [0.3, 0.4) is 0 Å². The molecule has 0 aromatic heterocycles. The van der Waals surface area contributed by atoms with Crippen molar-refractivity contribution in [3.05, 3.63) is 12.7 Å². The molecule has 0 N–H and O–H groups in total. The van der Waals surface area contributed by atoms with E-state index in [1.54, 1.807) is 6.08 Å². The summed E-state index contributed by atoms with van der Waals surface area (Å²) in [6, 6.07) is 0. The van der Waals surface area contributed by atoms with E-state index in [9.17, 15) is 8.78 Å². The Bertz CT molecular complexity index is 122. The maximum Gasteiger partial charge on any atom is 0.132 e. The minimum absolute atomic E-state index is 0.196. The van der Waals surface area contributed by atoms with E-state index in [-0.39, 0.29) is 5.92 Å². The van der Waals surface area contributed by atoms with Gasteiger partial charge in [0, 0.05) is 0 Å². The monoisotopic (exact) mass is 146 g/mol. The van der Waals surface area contributed by atoms with Crippen LogP contribution in [0.4, 0.5) is 8.78 Å². The molecule has 0 aliphatic heterocycles. The van der Waals surface area contributed by atoms with E-state index >= 15 is 0 Å². The van der Waals surface area contributed by atoms with E-state index in [0.29, 0.717) is 12.8 Å². The molecule has 2 heteroatoms. The fourth-order valence-corrected chi connectivity index (χ4v) is 1.32. The van der Waals surface area contributed by atoms with Crippen LogP contribution in [0.2, 0.25) is 0 Å². The minimum atomic E-state index is -1.25. The van der Waals surface area contributed by atoms with Gasteiger partial charge < -0.3 is 0 Å². The fourth-order valence-electron chi connectivity index (χ4n) is 1.32. The molecule has 0 amide bonds. The number of hydrogen-bond donors (Lipinski definition) is 0. The summed E-state index contributed by atoms with van der Waals surface area (Å²) < 4.78 is 25.1. The van der Waals surface area contributed by atoms with E-state index < -0.39 is 12.3 Å². The van der Waals surface area contributed by atoms with Crippen LogP contribution in [0.5, 0.6) is 0 Å². The molecule has 0 radical (unpaired) electrons. The van der Waals surface area contributed by atoms with Gasteiger partial charge in [0.15, 0.2) is 0 Å². The van der Waals surface area contributed by atoms with Gasteiger partial charge in [0.25, 0.3) is 0 Å². The third-order valence-electron chi connectivity index (χ3n) is 2.07. The van der Waals surface area contributed by atoms with Crippen molar-refractivity contribution in [2.24, 2.45) is 5.92 Å². The zero-order chi connectivity index (χ0) is 7.56. The van der Waals surface area contributed by atoms with Crippen LogP contribution in [-0.2, 0) is 0 Å². The Morgan fingerprint density at radius 2 is 1.90 bits per heavy atom. The summed E-state index contributed by atoms with van der Waals surface area (Å²) in [5, 5.41) is 0. The quantitative estimate of drug-likeness (QED) is 0.499. The molecule has 58 valence electrons. The predicted molar refractivity (Wildman–Crippen MR) is 37.3 cm³/mol. The highest BCUT2D eigenvalue weighted by molar-refractivity contribution is 4.88. The lowest BCUT2D eigenvalue weighted by molar-refractivity contribution is 0.102. The third-order valence-corrected chi connectivity index (χ3v) is 2.07. The Morgan fingerprint density at radius 1 is 1.20 bits per heavy atom. The summed E-state index contributed by atoms with van der Waals surface area (Å²) in [5.41, 5.74) is 0. The zero-order valence-electron chi connectivity index (χ0n) is 5.89. The summed E-state index contributed by atoms with van der Waals surface area (Å²) >= 11 is 0. The molecule has 0 saturated heterocycles. The Morgan fingerprint density at radius 3 is 2.40 bits per heavy atom. The van der Waals surface area contributed by atoms with Gasteiger partial charge in [-0.15, -0.1) is 6.58 Å². The molecule has 0 bridgehead atoms. The second-order valence-corrected chi connectivity index (χ2v) is 2.84. The van der Waals surface area contributed by atoms with Gasteiger partial charge in [0.2, 0.25) is 0 Å². The SMILES string of the molecule is C=CC1CCC(F)C(F)C1. The lowest BCUT2D eigenvalue weighted by Gasteiger charge is -2.24. The Hall–Kier alpha value is -0.400. The maximum absolute atomic E-state index is 12.6. The molecule has 1 saturated carbocycles. The van der Waals surface area contributed by atoms with E-state index in [1.807, 2.05) is 0 Å². The van der Waals surface area contributed by atoms with Gasteiger partial charge in [-0.05, 0) is 25.2 Å². The van der Waals surface area contributed by atoms with Crippen molar-refractivity contribution in [3.8, 4) is 0 Å². The first-order chi connectivity index (χ1) is 4.74. The molecule has 10 heavy (non-hydrogen) atoms. The molecular formula is C8H12F2. The van der Waals surface area contributed by atoms with Crippen LogP contribution in [0.25, 0.3) is 0 Å². The summed E-state index contributed by atoms with van der Waals surface area (Å²) in [6.45, 7) is 3.55. The van der Waals surface area contributed by atoms with Crippen LogP contribution < -0.4 is 0 Å². The van der Waals surface area contributed by atoms with Gasteiger partial charge in [-0.2, -0.15) is 0 Å². The van der Waals surface area contributed by atoms with E-state index in [1.165, 1.54) is 0 Å². The molecule has 3 unspecified atom stereocenters. The van der Waals surface area contributed by atoms with E-state index in [2.05, 4.69) is 6.58 Å². The summed E-state index contributed by atoms with van der Waals surface area (Å²) in [5.74, 6) is 0.196. The second-order valence-electron chi connectivity index (χ2n) is 2.84. The molecular weight excluding hydrogens is 134 g/mol. The average Bonchev–Trinajstić information content (AvgIpc) is 1.95. The number of alkyl halides is 2. The maximum atomic E-state index is 12.6. The van der Waals surface area contributed by atoms with Crippen molar-refractivity contribution >= 4 is 0 Å². The highest BCUT2D eigenvalue weighted by Gasteiger charge is 2.28. The number of allylic oxidation sites excluding steroid dienone is 1. The molecule has 1 rings (SSSR count). The van der Waals surface area contributed by atoms with Crippen LogP contribution in [-0.4, -0.2) is 12.3 Å². The van der Waals surface area contributed by atoms with Crippen molar-refractivity contribution in [1.29, 1.82) is 0 Å². The average molecular weight is 146 g/mol. The fraction of sp³-hybridized carbons (Fsp3) is 0.750. The summed E-state index contributed by atoms with van der Waals surface area (Å²) in [7, 11) is 0. The van der Waals surface area contributed by atoms with Crippen molar-refractivity contribution in [1.82, 2.24) is 0 Å². The first-order valence-electron chi connectivity index (χ1n) is 3.64. The highest BCUT2D eigenvalue weighted by Crippen LogP contribution is 2.28. The van der Waals surface area contributed by atoms with Gasteiger partial charge in [0.1, 0.15) is 12.3 Å². The second kappa shape index (κ2) is 3.13. The van der Waals surface area contributed by atoms with Gasteiger partial charge >= 0.3 is 0 Å². The van der Waals surface area contributed by atoms with Crippen LogP contribution in [0, 0.1) is 5.92 Å². The topological polar surface area (TPSA) is 0 Å². The van der Waals surface area contributed by atoms with Gasteiger partial charge in [-0.3, -0.25) is 0 Å². The largest absolute Gasteiger partial charge is 0.244 e. The summed E-state index contributed by atoms with van der Waals surface area (Å²) in [6.07, 6.45) is 0.680. The molecule has 0 spiro atoms. The number of halogens is 2. The first kappa shape index (κ1) is 7.70. The predicted octanol–water partition coefficient (Wildman–Crippen LogP) is 2.65. The summed E-state index contributed by atoms with van der Waals surface area (Å²) in [4.78, 5) is 0. The molecule has 1 fully saturated rings. The molecule has 0 aromatic carbocycles. The van der Waals surface area contributed by atoms with E-state index in [0.717, 1.165) is 6.42 Å². The molecule has 0 nitrogen and oxygen atoms in total. The van der Waals surface area contributed by atoms with Crippen molar-refractivity contribution < 1.29 is 8.78 Å². The molecule has 1 aliphatic carbocycles. The number of rotatable bonds is 1. The molecule has 1 aliphatic rings. The number of hydrogen-bond acceptors (Lipinski definition) is 0. The first-order valence-corrected chi connectivity index (χ1v) is 3.64. The van der Waals surface area contributed by atoms with E-state index in [4.69, 9.17) is 0 Å². The van der Waals surface area contributed by atoms with Gasteiger partial charge in [0.05, 0.1) is 0 Å². The smallest absolute Gasteiger partial charge is 0.132 e. The van der Waals surface area contributed by atoms with Crippen molar-refractivity contribution in [3.63, 3.8) is 0 Å². The Labute approximate surface area is 59.9 Å². The van der Waals surface area contributed by atoms with Crippen LogP contribution in [0.1, 0.15) is 19.3 Å². The lowest BCUT2D eigenvalue weighted by Crippen LogP contribution is -2.26. The normalized spacial score (nSPS) is 41.2. The lowest BCUT2D eigenvalue weighted by atomic mass is 9.87. The van der Waals surface area contributed by atoms with Crippen LogP contribution in [0.15, 0.2) is 12.7 Å². The minimum Gasteiger partial charge on any atom is -0.244 e. The zero-order valence-corrected chi connectivity index (χ0v) is 5.89. The standard InChI is InChI=1S/C8H12F2/c1-2-6-3-4-7(9)8(10)5-6/h2,6-8H,1,3-5H2. The highest BCUT2D eigenvalue weighted by atomic mass is 19.2. The van der Waals surface area contributed by atoms with Gasteiger partial charge in [-0.1, -0.05) is 6.08 Å².